The van der Waals surface area contributed by atoms with Gasteiger partial charge in [-0.25, -0.2) is 4.79 Å². The molecule has 140 valence electrons. The van der Waals surface area contributed by atoms with Crippen molar-refractivity contribution in [3.8, 4) is 0 Å². The van der Waals surface area contributed by atoms with Crippen LogP contribution in [0.4, 0.5) is 4.79 Å². The van der Waals surface area contributed by atoms with Crippen LogP contribution in [0.3, 0.4) is 0 Å². The fourth-order valence-electron chi connectivity index (χ4n) is 2.58. The highest BCUT2D eigenvalue weighted by Crippen LogP contribution is 2.27. The molecule has 0 aliphatic rings. The molecule has 1 aromatic heterocycles. The van der Waals surface area contributed by atoms with Gasteiger partial charge in [-0.15, -0.1) is 11.3 Å². The number of amides is 3. The first-order valence-electron chi connectivity index (χ1n) is 8.83. The third-order valence-electron chi connectivity index (χ3n) is 3.90. The minimum absolute atomic E-state index is 0.0194. The summed E-state index contributed by atoms with van der Waals surface area (Å²) in [5.74, 6) is 0.117. The lowest BCUT2D eigenvalue weighted by Gasteiger charge is -2.19. The predicted octanol–water partition coefficient (Wildman–Crippen LogP) is 3.78. The van der Waals surface area contributed by atoms with Crippen LogP contribution in [0.2, 0.25) is 0 Å². The Balaban J connectivity index is 2.04. The molecule has 2 rings (SSSR count). The molecule has 0 aliphatic carbocycles. The fraction of sp³-hybridized carbons (Fsp3) is 0.400. The first kappa shape index (κ1) is 20.1. The van der Waals surface area contributed by atoms with Gasteiger partial charge >= 0.3 is 6.03 Å². The van der Waals surface area contributed by atoms with Gasteiger partial charge in [0.15, 0.2) is 0 Å². The lowest BCUT2D eigenvalue weighted by Crippen LogP contribution is -2.45. The largest absolute Gasteiger partial charge is 0.336 e. The molecule has 1 atom stereocenters. The fourth-order valence-corrected chi connectivity index (χ4v) is 3.40. The monoisotopic (exact) mass is 373 g/mol. The summed E-state index contributed by atoms with van der Waals surface area (Å²) in [5, 5.41) is 10.3. The van der Waals surface area contributed by atoms with E-state index in [0.717, 1.165) is 10.4 Å². The Kier molecular flexibility index (Phi) is 7.36. The first-order valence-corrected chi connectivity index (χ1v) is 9.71. The molecule has 5 nitrogen and oxygen atoms in total. The summed E-state index contributed by atoms with van der Waals surface area (Å²) in [6.45, 7) is 8.07. The lowest BCUT2D eigenvalue weighted by molar-refractivity contribution is -0.119. The molecule has 0 aliphatic heterocycles. The number of nitrogens with one attached hydrogen (secondary N) is 3. The normalized spacial score (nSPS) is 12.2. The molecular formula is C20H27N3O2S. The molecule has 0 spiro atoms. The highest BCUT2D eigenvalue weighted by molar-refractivity contribution is 7.10. The Morgan fingerprint density at radius 1 is 1.00 bits per heavy atom. The van der Waals surface area contributed by atoms with Crippen molar-refractivity contribution in [2.75, 3.05) is 6.54 Å². The Hall–Kier alpha value is -2.18. The van der Waals surface area contributed by atoms with Crippen molar-refractivity contribution in [2.24, 2.45) is 0 Å². The Morgan fingerprint density at radius 3 is 2.19 bits per heavy atom. The van der Waals surface area contributed by atoms with E-state index in [2.05, 4.69) is 54.1 Å². The van der Waals surface area contributed by atoms with Gasteiger partial charge in [-0.05, 0) is 42.3 Å². The minimum atomic E-state index is -0.472. The molecule has 3 amide bonds. The Labute approximate surface area is 159 Å². The van der Waals surface area contributed by atoms with Gasteiger partial charge in [-0.2, -0.15) is 0 Å². The molecule has 3 N–H and O–H groups in total. The molecule has 26 heavy (non-hydrogen) atoms. The molecule has 1 aromatic carbocycles. The second kappa shape index (κ2) is 9.50. The predicted molar refractivity (Wildman–Crippen MR) is 107 cm³/mol. The van der Waals surface area contributed by atoms with E-state index < -0.39 is 6.03 Å². The molecule has 6 heteroatoms. The van der Waals surface area contributed by atoms with Crippen LogP contribution in [0.25, 0.3) is 0 Å². The van der Waals surface area contributed by atoms with E-state index >= 15 is 0 Å². The van der Waals surface area contributed by atoms with Gasteiger partial charge in [-0.3, -0.25) is 15.4 Å². The van der Waals surface area contributed by atoms with Crippen LogP contribution in [-0.4, -0.2) is 24.5 Å². The van der Waals surface area contributed by atoms with Crippen molar-refractivity contribution in [1.82, 2.24) is 16.0 Å². The third-order valence-corrected chi connectivity index (χ3v) is 4.84. The zero-order valence-electron chi connectivity index (χ0n) is 15.7. The van der Waals surface area contributed by atoms with Gasteiger partial charge in [0.1, 0.15) is 0 Å². The van der Waals surface area contributed by atoms with Crippen LogP contribution < -0.4 is 16.0 Å². The lowest BCUT2D eigenvalue weighted by atomic mass is 9.98. The molecule has 2 aromatic rings. The number of hydrogen-bond donors (Lipinski definition) is 3. The van der Waals surface area contributed by atoms with Gasteiger partial charge < -0.3 is 5.32 Å². The van der Waals surface area contributed by atoms with Crippen molar-refractivity contribution in [3.63, 3.8) is 0 Å². The highest BCUT2D eigenvalue weighted by Gasteiger charge is 2.17. The maximum atomic E-state index is 12.1. The second-order valence-electron chi connectivity index (χ2n) is 6.83. The van der Waals surface area contributed by atoms with E-state index in [0.29, 0.717) is 5.92 Å². The number of thiophene rings is 1. The summed E-state index contributed by atoms with van der Waals surface area (Å²) in [7, 11) is 0. The van der Waals surface area contributed by atoms with Crippen LogP contribution in [-0.2, 0) is 4.79 Å². The third kappa shape index (κ3) is 5.97. The number of hydrogen-bond acceptors (Lipinski definition) is 4. The summed E-state index contributed by atoms with van der Waals surface area (Å²) < 4.78 is 0. The first-order chi connectivity index (χ1) is 12.4. The molecule has 1 heterocycles. The minimum Gasteiger partial charge on any atom is -0.336 e. The number of rotatable bonds is 7. The Morgan fingerprint density at radius 2 is 1.65 bits per heavy atom. The molecule has 0 bridgehead atoms. The van der Waals surface area contributed by atoms with Crippen molar-refractivity contribution >= 4 is 23.3 Å². The van der Waals surface area contributed by atoms with E-state index in [4.69, 9.17) is 0 Å². The van der Waals surface area contributed by atoms with E-state index in [9.17, 15) is 9.59 Å². The number of carbonyl (C=O) groups excluding carboxylic acids is 2. The summed E-state index contributed by atoms with van der Waals surface area (Å²) in [6.07, 6.45) is 0. The number of carbonyl (C=O) groups is 2. The van der Waals surface area contributed by atoms with Crippen molar-refractivity contribution in [3.05, 3.63) is 57.8 Å². The van der Waals surface area contributed by atoms with Gasteiger partial charge in [0, 0.05) is 10.9 Å². The molecule has 0 saturated heterocycles. The quantitative estimate of drug-likeness (QED) is 0.692. The molecule has 0 unspecified atom stereocenters. The number of urea groups is 1. The maximum Gasteiger partial charge on any atom is 0.321 e. The topological polar surface area (TPSA) is 70.2 Å². The highest BCUT2D eigenvalue weighted by atomic mass is 32.1. The number of imide groups is 1. The van der Waals surface area contributed by atoms with Crippen molar-refractivity contribution < 1.29 is 9.59 Å². The molecule has 0 saturated carbocycles. The van der Waals surface area contributed by atoms with E-state index in [-0.39, 0.29) is 24.5 Å². The summed E-state index contributed by atoms with van der Waals surface area (Å²) >= 11 is 1.64. The van der Waals surface area contributed by atoms with Crippen molar-refractivity contribution in [2.45, 2.75) is 45.7 Å². The zero-order valence-corrected chi connectivity index (χ0v) is 16.5. The summed E-state index contributed by atoms with van der Waals surface area (Å²) in [5.41, 5.74) is 2.37. The zero-order chi connectivity index (χ0) is 19.1. The average Bonchev–Trinajstić information content (AvgIpc) is 3.09. The standard InChI is InChI=1S/C20H27N3O2S/c1-13(2)15-7-9-16(10-8-15)19(17-6-5-11-26-17)21-12-18(24)23-20(25)22-14(3)4/h5-11,13-14,19,21H,12H2,1-4H3,(H2,22,23,24,25)/t19-/m0/s1. The van der Waals surface area contributed by atoms with Crippen LogP contribution >= 0.6 is 11.3 Å². The van der Waals surface area contributed by atoms with E-state index in [1.165, 1.54) is 5.56 Å². The van der Waals surface area contributed by atoms with Crippen LogP contribution in [0.1, 0.15) is 55.7 Å². The van der Waals surface area contributed by atoms with Gasteiger partial charge in [0.05, 0.1) is 12.6 Å². The van der Waals surface area contributed by atoms with Gasteiger partial charge in [0.2, 0.25) is 5.91 Å². The summed E-state index contributed by atoms with van der Waals surface area (Å²) in [4.78, 5) is 24.8. The second-order valence-corrected chi connectivity index (χ2v) is 7.81. The molecular weight excluding hydrogens is 346 g/mol. The van der Waals surface area contributed by atoms with E-state index in [1.807, 2.05) is 31.4 Å². The SMILES string of the molecule is CC(C)NC(=O)NC(=O)CN[C@@H](c1ccc(C(C)C)cc1)c1cccs1. The van der Waals surface area contributed by atoms with Gasteiger partial charge in [0.25, 0.3) is 0 Å². The smallest absolute Gasteiger partial charge is 0.321 e. The Bertz CT molecular complexity index is 709. The van der Waals surface area contributed by atoms with Crippen molar-refractivity contribution in [1.29, 1.82) is 0 Å². The maximum absolute atomic E-state index is 12.1. The summed E-state index contributed by atoms with van der Waals surface area (Å²) in [6, 6.07) is 11.9. The van der Waals surface area contributed by atoms with Crippen LogP contribution in [0, 0.1) is 0 Å². The molecule has 0 fully saturated rings. The average molecular weight is 374 g/mol. The molecule has 0 radical (unpaired) electrons. The van der Waals surface area contributed by atoms with E-state index in [1.54, 1.807) is 11.3 Å². The van der Waals surface area contributed by atoms with Crippen LogP contribution in [0.5, 0.6) is 0 Å². The number of benzene rings is 1. The van der Waals surface area contributed by atoms with Crippen LogP contribution in [0.15, 0.2) is 41.8 Å². The van der Waals surface area contributed by atoms with Gasteiger partial charge in [-0.1, -0.05) is 44.2 Å².